The van der Waals surface area contributed by atoms with Gasteiger partial charge in [-0.2, -0.15) is 8.78 Å². The van der Waals surface area contributed by atoms with Crippen LogP contribution < -0.4 is 5.73 Å². The van der Waals surface area contributed by atoms with Gasteiger partial charge in [-0.3, -0.25) is 18.2 Å². The zero-order chi connectivity index (χ0) is 26.6. The van der Waals surface area contributed by atoms with Gasteiger partial charge in [-0.25, -0.2) is 23.8 Å². The van der Waals surface area contributed by atoms with E-state index < -0.39 is 59.6 Å². The molecule has 35 heavy (non-hydrogen) atoms. The van der Waals surface area contributed by atoms with Crippen molar-refractivity contribution in [3.8, 4) is 0 Å². The first-order valence-corrected chi connectivity index (χ1v) is 14.8. The fourth-order valence-corrected chi connectivity index (χ4v) is 6.89. The molecule has 3 rings (SSSR count). The van der Waals surface area contributed by atoms with Gasteiger partial charge >= 0.3 is 28.4 Å². The number of hydrogen-bond donors (Lipinski definition) is 7. The standard InChI is InChI=1S/C12H18F2N5O12P3S/c1-35-11-17-8(15)5-9(18-11)19(3-16-5)10-7(21)6(20)4(30-10)2-29-34(27,28)31-33(25,26)12(13,14)32(22,23)24/h3-4,6-7,10,20-21H,2H2,1H3,(H,25,26)(H,27,28)(H2,15,17,18)(H2,22,23,24)/t4-,6-,7-,10-/m0/s1. The Kier molecular flexibility index (Phi) is 7.84. The number of anilines is 1. The number of imidazole rings is 1. The Balaban J connectivity index is 1.76. The number of ether oxygens (including phenoxy) is 1. The molecule has 2 aromatic heterocycles. The van der Waals surface area contributed by atoms with Crippen LogP contribution in [0.5, 0.6) is 0 Å². The highest BCUT2D eigenvalue weighted by atomic mass is 32.2. The molecule has 0 spiro atoms. The lowest BCUT2D eigenvalue weighted by atomic mass is 10.1. The van der Waals surface area contributed by atoms with Crippen LogP contribution in [0, 0.1) is 0 Å². The lowest BCUT2D eigenvalue weighted by Crippen LogP contribution is -2.33. The number of fused-ring (bicyclic) bond motifs is 1. The van der Waals surface area contributed by atoms with E-state index in [2.05, 4.69) is 23.8 Å². The summed E-state index contributed by atoms with van der Waals surface area (Å²) in [5.41, 5.74) is 6.03. The Morgan fingerprint density at radius 1 is 1.20 bits per heavy atom. The van der Waals surface area contributed by atoms with Gasteiger partial charge in [-0.05, 0) is 6.26 Å². The summed E-state index contributed by atoms with van der Waals surface area (Å²) in [5, 5.41) is 15.1. The monoisotopic (exact) mass is 587 g/mol. The third kappa shape index (κ3) is 5.45. The van der Waals surface area contributed by atoms with Gasteiger partial charge in [0.25, 0.3) is 0 Å². The molecule has 17 nitrogen and oxygen atoms in total. The van der Waals surface area contributed by atoms with E-state index in [0.717, 1.165) is 18.1 Å². The van der Waals surface area contributed by atoms with Crippen LogP contribution in [0.4, 0.5) is 14.6 Å². The summed E-state index contributed by atoms with van der Waals surface area (Å²) in [6, 6.07) is 0. The van der Waals surface area contributed by atoms with Crippen LogP contribution in [0.1, 0.15) is 6.23 Å². The van der Waals surface area contributed by atoms with Crippen LogP contribution >= 0.6 is 34.8 Å². The molecular formula is C12H18F2N5O12P3S. The van der Waals surface area contributed by atoms with E-state index in [1.165, 1.54) is 4.57 Å². The van der Waals surface area contributed by atoms with Crippen molar-refractivity contribution in [3.63, 3.8) is 0 Å². The van der Waals surface area contributed by atoms with Gasteiger partial charge in [0.1, 0.15) is 23.8 Å². The highest BCUT2D eigenvalue weighted by Crippen LogP contribution is 2.77. The smallest absolute Gasteiger partial charge is 0.387 e. The number of phosphoric acid groups is 1. The van der Waals surface area contributed by atoms with Gasteiger partial charge in [-0.15, -0.1) is 0 Å². The second kappa shape index (κ2) is 9.64. The SMILES string of the molecule is CSc1nc(N)c2ncn([C@H]3O[C@@H](COP(=O)(O)OP(=O)(O)C(F)(F)P(=O)(O)O)[C@H](O)[C@@H]3O)c2n1. The molecule has 0 aliphatic carbocycles. The number of aliphatic hydroxyl groups excluding tert-OH is 2. The highest BCUT2D eigenvalue weighted by Gasteiger charge is 2.67. The average Bonchev–Trinajstić information content (AvgIpc) is 3.26. The van der Waals surface area contributed by atoms with Gasteiger partial charge in [0.05, 0.1) is 12.9 Å². The molecule has 6 atom stereocenters. The second-order valence-corrected chi connectivity index (χ2v) is 13.1. The Bertz CT molecular complexity index is 1260. The maximum absolute atomic E-state index is 13.5. The van der Waals surface area contributed by atoms with Crippen LogP contribution in [-0.2, 0) is 27.3 Å². The molecule has 1 saturated heterocycles. The summed E-state index contributed by atoms with van der Waals surface area (Å²) >= 11 is 1.14. The zero-order valence-corrected chi connectivity index (χ0v) is 20.6. The number of aromatic nitrogens is 4. The molecule has 1 aliphatic rings. The van der Waals surface area contributed by atoms with Crippen molar-refractivity contribution < 1.29 is 65.8 Å². The predicted octanol–water partition coefficient (Wildman–Crippen LogP) is -0.203. The van der Waals surface area contributed by atoms with Crippen LogP contribution in [0.3, 0.4) is 0 Å². The minimum absolute atomic E-state index is 0.00456. The van der Waals surface area contributed by atoms with E-state index in [0.29, 0.717) is 0 Å². The first-order valence-electron chi connectivity index (χ1n) is 8.92. The lowest BCUT2D eigenvalue weighted by Gasteiger charge is -2.24. The number of thioether (sulfide) groups is 1. The number of hydrogen-bond acceptors (Lipinski definition) is 13. The Morgan fingerprint density at radius 3 is 2.40 bits per heavy atom. The molecule has 0 aromatic carbocycles. The molecule has 0 radical (unpaired) electrons. The number of nitrogens with zero attached hydrogens (tertiary/aromatic N) is 4. The van der Waals surface area contributed by atoms with Crippen LogP contribution in [0.2, 0.25) is 0 Å². The maximum Gasteiger partial charge on any atom is 0.479 e. The predicted molar refractivity (Wildman–Crippen MR) is 111 cm³/mol. The molecule has 8 N–H and O–H groups in total. The summed E-state index contributed by atoms with van der Waals surface area (Å²) in [5.74, 6) is 0.00456. The van der Waals surface area contributed by atoms with E-state index >= 15 is 0 Å². The van der Waals surface area contributed by atoms with Crippen molar-refractivity contribution >= 4 is 51.8 Å². The maximum atomic E-state index is 13.5. The summed E-state index contributed by atoms with van der Waals surface area (Å²) in [6.07, 6.45) is -3.75. The molecule has 2 aromatic rings. The molecule has 0 amide bonds. The van der Waals surface area contributed by atoms with Crippen molar-refractivity contribution in [1.82, 2.24) is 19.5 Å². The first kappa shape index (κ1) is 28.5. The summed E-state index contributed by atoms with van der Waals surface area (Å²) in [6.45, 7) is -1.16. The average molecular weight is 587 g/mol. The van der Waals surface area contributed by atoms with E-state index in [-0.39, 0.29) is 22.1 Å². The number of alkyl halides is 2. The molecule has 3 heterocycles. The van der Waals surface area contributed by atoms with E-state index in [9.17, 15) is 37.6 Å². The first-order chi connectivity index (χ1) is 15.9. The third-order valence-corrected chi connectivity index (χ3v) is 10.2. The number of aliphatic hydroxyl groups is 2. The molecule has 198 valence electrons. The highest BCUT2D eigenvalue weighted by molar-refractivity contribution is 7.98. The normalized spacial score (nSPS) is 27.1. The number of nitrogen functional groups attached to an aromatic ring is 1. The van der Waals surface area contributed by atoms with Gasteiger partial charge in [0.15, 0.2) is 22.8 Å². The molecule has 0 saturated carbocycles. The molecule has 0 bridgehead atoms. The largest absolute Gasteiger partial charge is 0.479 e. The van der Waals surface area contributed by atoms with Gasteiger partial charge < -0.3 is 40.3 Å². The van der Waals surface area contributed by atoms with Crippen molar-refractivity contribution in [2.75, 3.05) is 18.6 Å². The second-order valence-electron chi connectivity index (χ2n) is 6.89. The fourth-order valence-electron chi connectivity index (χ4n) is 2.84. The topological polar surface area (TPSA) is 270 Å². The van der Waals surface area contributed by atoms with E-state index in [1.54, 1.807) is 6.26 Å². The summed E-state index contributed by atoms with van der Waals surface area (Å²) < 4.78 is 75.5. The number of phosphoric ester groups is 1. The Labute approximate surface area is 197 Å². The summed E-state index contributed by atoms with van der Waals surface area (Å²) in [4.78, 5) is 47.9. The van der Waals surface area contributed by atoms with E-state index in [4.69, 9.17) is 25.2 Å². The van der Waals surface area contributed by atoms with Crippen LogP contribution in [0.25, 0.3) is 11.2 Å². The minimum Gasteiger partial charge on any atom is -0.387 e. The molecular weight excluding hydrogens is 569 g/mol. The van der Waals surface area contributed by atoms with Crippen molar-refractivity contribution in [3.05, 3.63) is 6.33 Å². The van der Waals surface area contributed by atoms with Crippen molar-refractivity contribution in [1.29, 1.82) is 0 Å². The number of halogens is 2. The fraction of sp³-hybridized carbons (Fsp3) is 0.583. The molecule has 1 aliphatic heterocycles. The van der Waals surface area contributed by atoms with Crippen LogP contribution in [0.15, 0.2) is 11.5 Å². The van der Waals surface area contributed by atoms with Gasteiger partial charge in [-0.1, -0.05) is 11.8 Å². The molecule has 1 fully saturated rings. The number of rotatable bonds is 9. The Morgan fingerprint density at radius 2 is 1.83 bits per heavy atom. The number of nitrogens with two attached hydrogens (primary N) is 1. The minimum atomic E-state index is -6.75. The zero-order valence-electron chi connectivity index (χ0n) is 17.1. The van der Waals surface area contributed by atoms with Gasteiger partial charge in [0, 0.05) is 0 Å². The molecule has 2 unspecified atom stereocenters. The van der Waals surface area contributed by atoms with Crippen LogP contribution in [-0.4, -0.2) is 85.9 Å². The van der Waals surface area contributed by atoms with Crippen molar-refractivity contribution in [2.24, 2.45) is 0 Å². The summed E-state index contributed by atoms with van der Waals surface area (Å²) in [7, 11) is -19.2. The quantitative estimate of drug-likeness (QED) is 0.114. The lowest BCUT2D eigenvalue weighted by molar-refractivity contribution is -0.0503. The molecule has 23 heteroatoms. The van der Waals surface area contributed by atoms with E-state index in [1.807, 2.05) is 0 Å². The Hall–Kier alpha value is -1.11. The van der Waals surface area contributed by atoms with Gasteiger partial charge in [0.2, 0.25) is 0 Å². The van der Waals surface area contributed by atoms with Crippen molar-refractivity contribution in [2.45, 2.75) is 35.1 Å². The third-order valence-electron chi connectivity index (χ3n) is 4.53.